The summed E-state index contributed by atoms with van der Waals surface area (Å²) in [7, 11) is 0. The Morgan fingerprint density at radius 2 is 0.875 bits per heavy atom. The second kappa shape index (κ2) is 13.6. The van der Waals surface area contributed by atoms with Crippen molar-refractivity contribution in [2.45, 2.75) is 52.4 Å². The van der Waals surface area contributed by atoms with Crippen molar-refractivity contribution in [3.8, 4) is 0 Å². The molecule has 0 saturated carbocycles. The predicted octanol–water partition coefficient (Wildman–Crippen LogP) is 11.3. The molecule has 1 saturated heterocycles. The van der Waals surface area contributed by atoms with Crippen molar-refractivity contribution in [1.29, 1.82) is 0 Å². The SMILES string of the molecule is CC(C)(C)c1ccc2c(sc3nc4ccccc4n32)c1C1=CB2N3C=CC=CB3N3C=CC(c4c(C(C)(C)C)ccc5c4sc4nc6ccccc6n45)=CB3N3C=CC=CB3N2C=C1. The van der Waals surface area contributed by atoms with Crippen molar-refractivity contribution in [1.82, 2.24) is 37.7 Å². The van der Waals surface area contributed by atoms with E-state index in [2.05, 4.69) is 227 Å². The molecule has 64 heavy (non-hydrogen) atoms. The van der Waals surface area contributed by atoms with Crippen molar-refractivity contribution in [2.24, 2.45) is 0 Å². The number of allylic oxidation sites excluding steroid dienone is 8. The number of para-hydroxylation sites is 4. The molecule has 0 unspecified atom stereocenters. The molecule has 14 heteroatoms. The molecule has 13 rings (SSSR count). The number of rotatable bonds is 2. The molecule has 0 bridgehead atoms. The first-order valence-electron chi connectivity index (χ1n) is 22.3. The van der Waals surface area contributed by atoms with E-state index in [0.717, 1.165) is 32.0 Å². The van der Waals surface area contributed by atoms with E-state index >= 15 is 0 Å². The molecule has 4 aromatic carbocycles. The van der Waals surface area contributed by atoms with Gasteiger partial charge in [-0.25, -0.2) is 9.97 Å². The highest BCUT2D eigenvalue weighted by Gasteiger charge is 2.51. The minimum Gasteiger partial charge on any atom is -0.423 e. The summed E-state index contributed by atoms with van der Waals surface area (Å²) in [6.07, 6.45) is 22.8. The molecule has 8 aromatic rings. The maximum Gasteiger partial charge on any atom is 0.381 e. The number of hydrogen-bond donors (Lipinski definition) is 0. The fourth-order valence-corrected chi connectivity index (χ4v) is 13.1. The van der Waals surface area contributed by atoms with Gasteiger partial charge in [-0.05, 0) is 119 Å². The van der Waals surface area contributed by atoms with Crippen LogP contribution in [0.5, 0.6) is 0 Å². The highest BCUT2D eigenvalue weighted by molar-refractivity contribution is 7.24. The zero-order chi connectivity index (χ0) is 43.2. The Balaban J connectivity index is 0.962. The Morgan fingerprint density at radius 1 is 0.453 bits per heavy atom. The van der Waals surface area contributed by atoms with Crippen molar-refractivity contribution in [2.75, 3.05) is 0 Å². The van der Waals surface area contributed by atoms with Gasteiger partial charge in [-0.3, -0.25) is 8.80 Å². The van der Waals surface area contributed by atoms with Gasteiger partial charge in [-0.15, -0.1) is 0 Å². The number of thiazole rings is 2. The molecular formula is C50H44B4N8S2. The van der Waals surface area contributed by atoms with Crippen LogP contribution in [0, 0.1) is 0 Å². The van der Waals surface area contributed by atoms with Gasteiger partial charge in [-0.1, -0.05) is 137 Å². The van der Waals surface area contributed by atoms with Crippen LogP contribution in [-0.2, 0) is 10.8 Å². The van der Waals surface area contributed by atoms with Gasteiger partial charge in [0.25, 0.3) is 0 Å². The molecular weight excluding hydrogens is 820 g/mol. The highest BCUT2D eigenvalue weighted by atomic mass is 32.1. The molecule has 0 amide bonds. The first-order chi connectivity index (χ1) is 31.0. The van der Waals surface area contributed by atoms with Gasteiger partial charge < -0.3 is 18.9 Å². The van der Waals surface area contributed by atoms with Crippen molar-refractivity contribution >= 4 is 114 Å². The summed E-state index contributed by atoms with van der Waals surface area (Å²) < 4.78 is 17.4. The highest BCUT2D eigenvalue weighted by Crippen LogP contribution is 2.45. The first kappa shape index (κ1) is 38.1. The van der Waals surface area contributed by atoms with E-state index in [0.29, 0.717) is 0 Å². The number of imidazole rings is 2. The van der Waals surface area contributed by atoms with E-state index in [1.807, 2.05) is 0 Å². The normalized spacial score (nSPS) is 17.4. The summed E-state index contributed by atoms with van der Waals surface area (Å²) in [4.78, 5) is 12.3. The molecule has 1 fully saturated rings. The first-order valence-corrected chi connectivity index (χ1v) is 23.9. The summed E-state index contributed by atoms with van der Waals surface area (Å²) >= 11 is 3.60. The predicted molar refractivity (Wildman–Crippen MR) is 275 cm³/mol. The van der Waals surface area contributed by atoms with Crippen LogP contribution >= 0.6 is 22.7 Å². The lowest BCUT2D eigenvalue weighted by atomic mass is 9.41. The summed E-state index contributed by atoms with van der Waals surface area (Å²) in [6.45, 7) is 13.7. The summed E-state index contributed by atoms with van der Waals surface area (Å²) in [6, 6.07) is 26.3. The van der Waals surface area contributed by atoms with Crippen LogP contribution in [0.4, 0.5) is 0 Å². The summed E-state index contributed by atoms with van der Waals surface area (Å²) in [5.74, 6) is 9.72. The second-order valence-electron chi connectivity index (χ2n) is 19.6. The van der Waals surface area contributed by atoms with Crippen LogP contribution in [0.15, 0.2) is 158 Å². The van der Waals surface area contributed by atoms with Crippen molar-refractivity contribution < 1.29 is 0 Å². The molecule has 308 valence electrons. The van der Waals surface area contributed by atoms with Gasteiger partial charge in [0.1, 0.15) is 0 Å². The molecule has 5 aliphatic rings. The van der Waals surface area contributed by atoms with Crippen LogP contribution in [0.3, 0.4) is 0 Å². The fourth-order valence-electron chi connectivity index (χ4n) is 10.7. The molecule has 8 nitrogen and oxygen atoms in total. The summed E-state index contributed by atoms with van der Waals surface area (Å²) in [5, 5.41) is 0. The third-order valence-electron chi connectivity index (χ3n) is 13.7. The lowest BCUT2D eigenvalue weighted by Crippen LogP contribution is -2.73. The van der Waals surface area contributed by atoms with Crippen molar-refractivity contribution in [3.63, 3.8) is 0 Å². The van der Waals surface area contributed by atoms with E-state index in [1.54, 1.807) is 22.7 Å². The molecule has 0 spiro atoms. The number of fused-ring (bicyclic) bond motifs is 18. The Morgan fingerprint density at radius 3 is 1.31 bits per heavy atom. The molecule has 5 aliphatic heterocycles. The molecule has 0 aliphatic carbocycles. The molecule has 0 N–H and O–H groups in total. The van der Waals surface area contributed by atoms with Crippen molar-refractivity contribution in [3.05, 3.63) is 180 Å². The Hall–Kier alpha value is -6.36. The van der Waals surface area contributed by atoms with E-state index in [-0.39, 0.29) is 38.8 Å². The summed E-state index contributed by atoms with van der Waals surface area (Å²) in [5.41, 5.74) is 14.4. The van der Waals surface area contributed by atoms with Crippen LogP contribution in [0.2, 0.25) is 0 Å². The minimum absolute atomic E-state index is 0.0515. The zero-order valence-electron chi connectivity index (χ0n) is 36.7. The largest absolute Gasteiger partial charge is 0.423 e. The third-order valence-corrected chi connectivity index (χ3v) is 15.8. The van der Waals surface area contributed by atoms with Gasteiger partial charge in [0.05, 0.1) is 42.5 Å². The van der Waals surface area contributed by atoms with Gasteiger partial charge >= 0.3 is 27.9 Å². The quantitative estimate of drug-likeness (QED) is 0.161. The van der Waals surface area contributed by atoms with Crippen LogP contribution in [-0.4, -0.2) is 65.6 Å². The molecule has 4 aromatic heterocycles. The average molecular weight is 864 g/mol. The van der Waals surface area contributed by atoms with E-state index in [1.165, 1.54) is 53.8 Å². The van der Waals surface area contributed by atoms with Gasteiger partial charge in [0.2, 0.25) is 0 Å². The molecule has 0 radical (unpaired) electrons. The van der Waals surface area contributed by atoms with E-state index in [4.69, 9.17) is 9.97 Å². The Kier molecular flexibility index (Phi) is 8.09. The second-order valence-corrected chi connectivity index (χ2v) is 21.5. The van der Waals surface area contributed by atoms with Crippen LogP contribution in [0.25, 0.3) is 63.6 Å². The molecule has 9 heterocycles. The zero-order valence-corrected chi connectivity index (χ0v) is 38.3. The number of hydrogen-bond acceptors (Lipinski definition) is 8. The van der Waals surface area contributed by atoms with Gasteiger partial charge in [0.15, 0.2) is 9.92 Å². The standard InChI is InChI=1S/C50H44B4N8S2/c1-49(2,3)35-19-21-41-45(63-47-55-37-15-7-9-17-39(37)61(41)47)43(35)33-23-29-59-52-26-12-14-28-58(52)54-32-34(24-30-60(54)51-25-11-13-27-57(51)53(59)31-33)44-36(50(4,5)6)20-22-42-46(44)64-48-56-38-16-8-10-18-40(38)62(42)48/h7-32H,1-6H3. The topological polar surface area (TPSA) is 47.6 Å². The number of benzene rings is 4. The van der Waals surface area contributed by atoms with Gasteiger partial charge in [-0.2, -0.15) is 0 Å². The third kappa shape index (κ3) is 5.51. The molecule has 0 atom stereocenters. The lowest BCUT2D eigenvalue weighted by molar-refractivity contribution is 0.589. The average Bonchev–Trinajstić information content (AvgIpc) is 4.05. The van der Waals surface area contributed by atoms with Crippen LogP contribution in [0.1, 0.15) is 63.8 Å². The smallest absolute Gasteiger partial charge is 0.381 e. The van der Waals surface area contributed by atoms with E-state index in [9.17, 15) is 0 Å². The van der Waals surface area contributed by atoms with E-state index < -0.39 is 0 Å². The monoisotopic (exact) mass is 864 g/mol. The van der Waals surface area contributed by atoms with Gasteiger partial charge in [0, 0.05) is 11.1 Å². The fraction of sp³-hybridized carbons (Fsp3) is 0.160. The Bertz CT molecular complexity index is 3320. The minimum atomic E-state index is -0.0825. The number of aromatic nitrogens is 4. The van der Waals surface area contributed by atoms with Crippen LogP contribution < -0.4 is 0 Å². The lowest BCUT2D eigenvalue weighted by Gasteiger charge is -2.53. The maximum atomic E-state index is 5.10. The number of nitrogens with zero attached hydrogens (tertiary/aromatic N) is 8. The Labute approximate surface area is 382 Å². The maximum absolute atomic E-state index is 5.10.